The van der Waals surface area contributed by atoms with Crippen molar-refractivity contribution < 1.29 is 0 Å². The Balaban J connectivity index is 2.10. The van der Waals surface area contributed by atoms with Gasteiger partial charge in [0.25, 0.3) is 0 Å². The molecule has 3 heteroatoms. The van der Waals surface area contributed by atoms with Crippen molar-refractivity contribution >= 4 is 15.9 Å². The van der Waals surface area contributed by atoms with Crippen LogP contribution in [-0.4, -0.2) is 18.1 Å². The minimum Gasteiger partial charge on any atom is -0.316 e. The summed E-state index contributed by atoms with van der Waals surface area (Å²) in [6.45, 7) is 2.27. The summed E-state index contributed by atoms with van der Waals surface area (Å²) >= 11 is 3.34. The maximum Gasteiger partial charge on any atom is 0.106 e. The molecule has 1 N–H and O–H groups in total. The number of pyridine rings is 1. The van der Waals surface area contributed by atoms with Gasteiger partial charge in [-0.2, -0.15) is 0 Å². The van der Waals surface area contributed by atoms with Crippen LogP contribution in [0.2, 0.25) is 0 Å². The molecule has 0 aliphatic carbocycles. The van der Waals surface area contributed by atoms with Crippen molar-refractivity contribution in [2.75, 3.05) is 13.1 Å². The molecule has 0 spiro atoms. The topological polar surface area (TPSA) is 24.9 Å². The molecule has 13 heavy (non-hydrogen) atoms. The van der Waals surface area contributed by atoms with Crippen LogP contribution in [0.15, 0.2) is 22.9 Å². The molecule has 2 rings (SSSR count). The minimum atomic E-state index is 0.661. The predicted octanol–water partition coefficient (Wildman–Crippen LogP) is 2.31. The van der Waals surface area contributed by atoms with Crippen LogP contribution in [-0.2, 0) is 0 Å². The zero-order valence-corrected chi connectivity index (χ0v) is 9.05. The van der Waals surface area contributed by atoms with E-state index in [1.54, 1.807) is 0 Å². The largest absolute Gasteiger partial charge is 0.316 e. The van der Waals surface area contributed by atoms with Gasteiger partial charge in [0.05, 0.1) is 0 Å². The van der Waals surface area contributed by atoms with Crippen LogP contribution in [0.4, 0.5) is 0 Å². The molecular formula is C10H13BrN2. The van der Waals surface area contributed by atoms with E-state index in [0.29, 0.717) is 5.92 Å². The van der Waals surface area contributed by atoms with Crippen LogP contribution in [0.1, 0.15) is 24.3 Å². The van der Waals surface area contributed by atoms with Crippen molar-refractivity contribution in [2.45, 2.75) is 18.8 Å². The Hall–Kier alpha value is -0.410. The SMILES string of the molecule is Brc1ccc([C@@H]2CCCNC2)cn1. The predicted molar refractivity (Wildman–Crippen MR) is 56.8 cm³/mol. The van der Waals surface area contributed by atoms with Crippen LogP contribution in [0.25, 0.3) is 0 Å². The molecule has 1 aliphatic heterocycles. The summed E-state index contributed by atoms with van der Waals surface area (Å²) in [5.41, 5.74) is 1.36. The number of nitrogens with zero attached hydrogens (tertiary/aromatic N) is 1. The third kappa shape index (κ3) is 2.29. The highest BCUT2D eigenvalue weighted by Crippen LogP contribution is 2.22. The van der Waals surface area contributed by atoms with E-state index in [0.717, 1.165) is 11.1 Å². The van der Waals surface area contributed by atoms with Gasteiger partial charge < -0.3 is 5.32 Å². The summed E-state index contributed by atoms with van der Waals surface area (Å²) in [5.74, 6) is 0.661. The molecule has 1 aromatic rings. The van der Waals surface area contributed by atoms with Gasteiger partial charge in [-0.15, -0.1) is 0 Å². The number of halogens is 1. The van der Waals surface area contributed by atoms with E-state index >= 15 is 0 Å². The van der Waals surface area contributed by atoms with E-state index < -0.39 is 0 Å². The minimum absolute atomic E-state index is 0.661. The molecule has 1 saturated heterocycles. The molecule has 0 radical (unpaired) electrons. The Labute approximate surface area is 86.9 Å². The number of nitrogens with one attached hydrogen (secondary N) is 1. The number of aromatic nitrogens is 1. The van der Waals surface area contributed by atoms with Crippen molar-refractivity contribution in [3.63, 3.8) is 0 Å². The third-order valence-electron chi connectivity index (χ3n) is 2.52. The maximum absolute atomic E-state index is 4.24. The van der Waals surface area contributed by atoms with Crippen LogP contribution < -0.4 is 5.32 Å². The zero-order chi connectivity index (χ0) is 9.10. The second-order valence-electron chi connectivity index (χ2n) is 3.46. The Morgan fingerprint density at radius 3 is 3.00 bits per heavy atom. The van der Waals surface area contributed by atoms with E-state index in [2.05, 4.69) is 32.3 Å². The molecule has 1 aliphatic rings. The molecule has 0 amide bonds. The molecule has 0 unspecified atom stereocenters. The van der Waals surface area contributed by atoms with Gasteiger partial charge in [0.2, 0.25) is 0 Å². The molecule has 2 heterocycles. The summed E-state index contributed by atoms with van der Waals surface area (Å²) in [5, 5.41) is 3.41. The lowest BCUT2D eigenvalue weighted by atomic mass is 9.93. The fourth-order valence-electron chi connectivity index (χ4n) is 1.77. The van der Waals surface area contributed by atoms with Crippen molar-refractivity contribution in [3.05, 3.63) is 28.5 Å². The quantitative estimate of drug-likeness (QED) is 0.763. The zero-order valence-electron chi connectivity index (χ0n) is 7.46. The van der Waals surface area contributed by atoms with Crippen molar-refractivity contribution in [1.82, 2.24) is 10.3 Å². The van der Waals surface area contributed by atoms with Gasteiger partial charge in [-0.25, -0.2) is 4.98 Å². The highest BCUT2D eigenvalue weighted by molar-refractivity contribution is 9.10. The number of rotatable bonds is 1. The van der Waals surface area contributed by atoms with Crippen molar-refractivity contribution in [3.8, 4) is 0 Å². The number of piperidine rings is 1. The highest BCUT2D eigenvalue weighted by Gasteiger charge is 2.14. The van der Waals surface area contributed by atoms with Gasteiger partial charge in [0.15, 0.2) is 0 Å². The van der Waals surface area contributed by atoms with Gasteiger partial charge in [-0.1, -0.05) is 6.07 Å². The van der Waals surface area contributed by atoms with E-state index in [4.69, 9.17) is 0 Å². The average molecular weight is 241 g/mol. The fraction of sp³-hybridized carbons (Fsp3) is 0.500. The monoisotopic (exact) mass is 240 g/mol. The van der Waals surface area contributed by atoms with Gasteiger partial charge in [0, 0.05) is 12.7 Å². The summed E-state index contributed by atoms with van der Waals surface area (Å²) in [7, 11) is 0. The van der Waals surface area contributed by atoms with Crippen LogP contribution in [0.3, 0.4) is 0 Å². The molecule has 0 aromatic carbocycles. The Morgan fingerprint density at radius 2 is 2.38 bits per heavy atom. The summed E-state index contributed by atoms with van der Waals surface area (Å²) in [4.78, 5) is 4.24. The maximum atomic E-state index is 4.24. The molecule has 2 nitrogen and oxygen atoms in total. The van der Waals surface area contributed by atoms with Crippen LogP contribution in [0.5, 0.6) is 0 Å². The van der Waals surface area contributed by atoms with Crippen LogP contribution >= 0.6 is 15.9 Å². The molecule has 0 saturated carbocycles. The van der Waals surface area contributed by atoms with E-state index in [-0.39, 0.29) is 0 Å². The van der Waals surface area contributed by atoms with E-state index in [1.807, 2.05) is 12.3 Å². The molecule has 1 fully saturated rings. The second-order valence-corrected chi connectivity index (χ2v) is 4.27. The Morgan fingerprint density at radius 1 is 1.46 bits per heavy atom. The summed E-state index contributed by atoms with van der Waals surface area (Å²) < 4.78 is 0.917. The smallest absolute Gasteiger partial charge is 0.106 e. The lowest BCUT2D eigenvalue weighted by Crippen LogP contribution is -2.28. The van der Waals surface area contributed by atoms with Gasteiger partial charge in [-0.05, 0) is 52.9 Å². The molecule has 0 bridgehead atoms. The first-order valence-corrected chi connectivity index (χ1v) is 5.48. The normalized spacial score (nSPS) is 23.0. The molecule has 1 aromatic heterocycles. The summed E-state index contributed by atoms with van der Waals surface area (Å²) in [6.07, 6.45) is 4.54. The first-order chi connectivity index (χ1) is 6.36. The van der Waals surface area contributed by atoms with Gasteiger partial charge >= 0.3 is 0 Å². The summed E-state index contributed by atoms with van der Waals surface area (Å²) in [6, 6.07) is 4.18. The molecule has 1 atom stereocenters. The molecular weight excluding hydrogens is 228 g/mol. The van der Waals surface area contributed by atoms with Gasteiger partial charge in [0.1, 0.15) is 4.60 Å². The van der Waals surface area contributed by atoms with Gasteiger partial charge in [-0.3, -0.25) is 0 Å². The first kappa shape index (κ1) is 9.16. The van der Waals surface area contributed by atoms with E-state index in [1.165, 1.54) is 24.9 Å². The Kier molecular flexibility index (Phi) is 2.96. The number of hydrogen-bond acceptors (Lipinski definition) is 2. The lowest BCUT2D eigenvalue weighted by Gasteiger charge is -2.22. The second kappa shape index (κ2) is 4.20. The molecule has 70 valence electrons. The van der Waals surface area contributed by atoms with Crippen molar-refractivity contribution in [1.29, 1.82) is 0 Å². The Bertz CT molecular complexity index is 265. The first-order valence-electron chi connectivity index (χ1n) is 4.68. The lowest BCUT2D eigenvalue weighted by molar-refractivity contribution is 0.461. The number of hydrogen-bond donors (Lipinski definition) is 1. The standard InChI is InChI=1S/C10H13BrN2/c11-10-4-3-9(7-13-10)8-2-1-5-12-6-8/h3-4,7-8,12H,1-2,5-6H2/t8-/m1/s1. The third-order valence-corrected chi connectivity index (χ3v) is 2.99. The van der Waals surface area contributed by atoms with Crippen molar-refractivity contribution in [2.24, 2.45) is 0 Å². The van der Waals surface area contributed by atoms with E-state index in [9.17, 15) is 0 Å². The fourth-order valence-corrected chi connectivity index (χ4v) is 2.00. The highest BCUT2D eigenvalue weighted by atomic mass is 79.9. The average Bonchev–Trinajstić information content (AvgIpc) is 2.20. The van der Waals surface area contributed by atoms with Crippen LogP contribution in [0, 0.1) is 0 Å².